The van der Waals surface area contributed by atoms with Crippen LogP contribution in [0.4, 0.5) is 0 Å². The van der Waals surface area contributed by atoms with Gasteiger partial charge in [-0.05, 0) is 44.9 Å². The molecule has 0 aliphatic carbocycles. The molecule has 0 bridgehead atoms. The van der Waals surface area contributed by atoms with Gasteiger partial charge in [0.25, 0.3) is 0 Å². The van der Waals surface area contributed by atoms with Crippen LogP contribution < -0.4 is 4.72 Å². The first-order chi connectivity index (χ1) is 8.34. The molecule has 0 heterocycles. The maximum atomic E-state index is 12.1. The standard InChI is InChI=1S/C13H20ClNO2S/c1-13(2,3)18(17)15-12(7-8-16)10-5-4-6-11(14)9-10/h4-6,9,12,15-16H,7-8H2,1-3H3. The number of rotatable bonds is 5. The van der Waals surface area contributed by atoms with Gasteiger partial charge in [-0.1, -0.05) is 23.7 Å². The van der Waals surface area contributed by atoms with E-state index in [0.29, 0.717) is 11.4 Å². The molecule has 1 aromatic rings. The number of benzene rings is 1. The van der Waals surface area contributed by atoms with E-state index in [2.05, 4.69) is 4.72 Å². The third-order valence-corrected chi connectivity index (χ3v) is 4.32. The molecule has 1 aromatic carbocycles. The lowest BCUT2D eigenvalue weighted by molar-refractivity contribution is 0.273. The van der Waals surface area contributed by atoms with Crippen molar-refractivity contribution in [1.82, 2.24) is 4.72 Å². The van der Waals surface area contributed by atoms with Crippen molar-refractivity contribution < 1.29 is 9.32 Å². The summed E-state index contributed by atoms with van der Waals surface area (Å²) in [7, 11) is -1.18. The summed E-state index contributed by atoms with van der Waals surface area (Å²) in [6.07, 6.45) is 0.502. The van der Waals surface area contributed by atoms with Crippen LogP contribution in [0.5, 0.6) is 0 Å². The highest BCUT2D eigenvalue weighted by atomic mass is 35.5. The van der Waals surface area contributed by atoms with Crippen molar-refractivity contribution >= 4 is 22.6 Å². The summed E-state index contributed by atoms with van der Waals surface area (Å²) < 4.78 is 14.8. The summed E-state index contributed by atoms with van der Waals surface area (Å²) in [4.78, 5) is 0. The monoisotopic (exact) mass is 289 g/mol. The maximum Gasteiger partial charge on any atom is 0.0975 e. The number of nitrogens with one attached hydrogen (secondary N) is 1. The molecule has 0 aliphatic heterocycles. The molecular formula is C13H20ClNO2S. The van der Waals surface area contributed by atoms with Crippen LogP contribution in [0.3, 0.4) is 0 Å². The lowest BCUT2D eigenvalue weighted by Crippen LogP contribution is -2.36. The molecule has 1 rings (SSSR count). The number of aliphatic hydroxyl groups excluding tert-OH is 1. The fraction of sp³-hybridized carbons (Fsp3) is 0.538. The predicted molar refractivity (Wildman–Crippen MR) is 76.9 cm³/mol. The Morgan fingerprint density at radius 1 is 1.44 bits per heavy atom. The summed E-state index contributed by atoms with van der Waals surface area (Å²) in [5, 5.41) is 9.75. The van der Waals surface area contributed by atoms with Gasteiger partial charge in [-0.2, -0.15) is 0 Å². The smallest absolute Gasteiger partial charge is 0.0975 e. The SMILES string of the molecule is CC(C)(C)S(=O)NC(CCO)c1cccc(Cl)c1. The second-order valence-electron chi connectivity index (χ2n) is 5.12. The zero-order chi connectivity index (χ0) is 13.8. The highest BCUT2D eigenvalue weighted by molar-refractivity contribution is 7.84. The normalized spacial score (nSPS) is 15.4. The summed E-state index contributed by atoms with van der Waals surface area (Å²) in [6, 6.07) is 7.23. The third-order valence-electron chi connectivity index (χ3n) is 2.47. The minimum atomic E-state index is -1.18. The van der Waals surface area contributed by atoms with E-state index >= 15 is 0 Å². The Balaban J connectivity index is 2.87. The summed E-state index contributed by atoms with van der Waals surface area (Å²) >= 11 is 5.95. The zero-order valence-corrected chi connectivity index (χ0v) is 12.5. The first kappa shape index (κ1) is 15.6. The van der Waals surface area contributed by atoms with Crippen molar-refractivity contribution in [2.45, 2.75) is 38.0 Å². The van der Waals surface area contributed by atoms with Crippen LogP contribution in [0, 0.1) is 0 Å². The van der Waals surface area contributed by atoms with Crippen LogP contribution in [0.25, 0.3) is 0 Å². The Kier molecular flexibility index (Phi) is 5.79. The molecule has 0 spiro atoms. The fourth-order valence-corrected chi connectivity index (χ4v) is 2.52. The van der Waals surface area contributed by atoms with E-state index in [9.17, 15) is 4.21 Å². The zero-order valence-electron chi connectivity index (χ0n) is 10.9. The maximum absolute atomic E-state index is 12.1. The quantitative estimate of drug-likeness (QED) is 0.876. The van der Waals surface area contributed by atoms with Crippen LogP contribution >= 0.6 is 11.6 Å². The Labute approximate surface area is 116 Å². The number of aliphatic hydroxyl groups is 1. The van der Waals surface area contributed by atoms with E-state index in [1.165, 1.54) is 0 Å². The fourth-order valence-electron chi connectivity index (χ4n) is 1.45. The third kappa shape index (κ3) is 4.69. The largest absolute Gasteiger partial charge is 0.396 e. The van der Waals surface area contributed by atoms with Gasteiger partial charge in [0.15, 0.2) is 0 Å². The molecule has 2 N–H and O–H groups in total. The number of hydrogen-bond donors (Lipinski definition) is 2. The average Bonchev–Trinajstić information content (AvgIpc) is 2.27. The van der Waals surface area contributed by atoms with Gasteiger partial charge in [0.05, 0.1) is 15.7 Å². The first-order valence-electron chi connectivity index (χ1n) is 5.89. The molecule has 102 valence electrons. The van der Waals surface area contributed by atoms with E-state index in [1.807, 2.05) is 39.0 Å². The van der Waals surface area contributed by atoms with Gasteiger partial charge in [-0.3, -0.25) is 0 Å². The van der Waals surface area contributed by atoms with Crippen LogP contribution in [0.2, 0.25) is 5.02 Å². The van der Waals surface area contributed by atoms with Crippen molar-refractivity contribution in [3.8, 4) is 0 Å². The lowest BCUT2D eigenvalue weighted by Gasteiger charge is -2.24. The van der Waals surface area contributed by atoms with Crippen LogP contribution in [0.1, 0.15) is 38.8 Å². The molecule has 5 heteroatoms. The molecule has 2 atom stereocenters. The van der Waals surface area contributed by atoms with Crippen LogP contribution in [-0.4, -0.2) is 20.7 Å². The van der Waals surface area contributed by atoms with Gasteiger partial charge in [0.1, 0.15) is 0 Å². The van der Waals surface area contributed by atoms with E-state index in [0.717, 1.165) is 5.56 Å². The van der Waals surface area contributed by atoms with Crippen molar-refractivity contribution in [1.29, 1.82) is 0 Å². The van der Waals surface area contributed by atoms with Gasteiger partial charge in [-0.15, -0.1) is 0 Å². The minimum Gasteiger partial charge on any atom is -0.396 e. The Morgan fingerprint density at radius 2 is 2.11 bits per heavy atom. The molecule has 2 unspecified atom stereocenters. The number of hydrogen-bond acceptors (Lipinski definition) is 2. The molecular weight excluding hydrogens is 270 g/mol. The Bertz CT molecular complexity index is 418. The van der Waals surface area contributed by atoms with Gasteiger partial charge >= 0.3 is 0 Å². The lowest BCUT2D eigenvalue weighted by atomic mass is 10.1. The van der Waals surface area contributed by atoms with E-state index in [1.54, 1.807) is 6.07 Å². The van der Waals surface area contributed by atoms with Crippen molar-refractivity contribution in [2.24, 2.45) is 0 Å². The van der Waals surface area contributed by atoms with Gasteiger partial charge in [0, 0.05) is 17.7 Å². The molecule has 0 aliphatic rings. The van der Waals surface area contributed by atoms with Gasteiger partial charge in [0.2, 0.25) is 0 Å². The molecule has 0 aromatic heterocycles. The summed E-state index contributed by atoms with van der Waals surface area (Å²) in [6.45, 7) is 5.75. The molecule has 0 amide bonds. The molecule has 0 saturated carbocycles. The molecule has 18 heavy (non-hydrogen) atoms. The van der Waals surface area contributed by atoms with E-state index in [-0.39, 0.29) is 17.4 Å². The molecule has 0 fully saturated rings. The topological polar surface area (TPSA) is 49.3 Å². The second-order valence-corrected chi connectivity index (χ2v) is 7.55. The molecule has 3 nitrogen and oxygen atoms in total. The van der Waals surface area contributed by atoms with Gasteiger partial charge in [-0.25, -0.2) is 8.93 Å². The Morgan fingerprint density at radius 3 is 2.61 bits per heavy atom. The van der Waals surface area contributed by atoms with Crippen molar-refractivity contribution in [3.63, 3.8) is 0 Å². The van der Waals surface area contributed by atoms with Gasteiger partial charge < -0.3 is 5.11 Å². The Hall–Kier alpha value is -0.420. The molecule has 0 saturated heterocycles. The van der Waals surface area contributed by atoms with E-state index in [4.69, 9.17) is 16.7 Å². The second kappa shape index (κ2) is 6.66. The van der Waals surface area contributed by atoms with Crippen LogP contribution in [-0.2, 0) is 11.0 Å². The first-order valence-corrected chi connectivity index (χ1v) is 7.41. The van der Waals surface area contributed by atoms with E-state index < -0.39 is 11.0 Å². The predicted octanol–water partition coefficient (Wildman–Crippen LogP) is 2.82. The number of halogens is 1. The van der Waals surface area contributed by atoms with Crippen molar-refractivity contribution in [2.75, 3.05) is 6.61 Å². The summed E-state index contributed by atoms with van der Waals surface area (Å²) in [5.74, 6) is 0. The van der Waals surface area contributed by atoms with Crippen LogP contribution in [0.15, 0.2) is 24.3 Å². The summed E-state index contributed by atoms with van der Waals surface area (Å²) in [5.41, 5.74) is 0.939. The minimum absolute atomic E-state index is 0.0333. The molecule has 0 radical (unpaired) electrons. The highest BCUT2D eigenvalue weighted by Crippen LogP contribution is 2.22. The average molecular weight is 290 g/mol. The van der Waals surface area contributed by atoms with Crippen molar-refractivity contribution in [3.05, 3.63) is 34.9 Å². The highest BCUT2D eigenvalue weighted by Gasteiger charge is 2.23.